The highest BCUT2D eigenvalue weighted by Crippen LogP contribution is 2.33. The summed E-state index contributed by atoms with van der Waals surface area (Å²) < 4.78 is 0. The van der Waals surface area contributed by atoms with Crippen molar-refractivity contribution in [2.75, 3.05) is 13.1 Å². The fraction of sp³-hybridized carbons (Fsp3) is 0.632. The number of nitrogens with zero attached hydrogens (tertiary/aromatic N) is 1. The molecule has 1 aliphatic heterocycles. The Bertz CT molecular complexity index is 674. The van der Waals surface area contributed by atoms with Gasteiger partial charge in [0.2, 0.25) is 11.8 Å². The lowest BCUT2D eigenvalue weighted by Crippen LogP contribution is -2.54. The molecule has 140 valence electrons. The molecule has 6 nitrogen and oxygen atoms in total. The topological polar surface area (TPSA) is 78.5 Å². The van der Waals surface area contributed by atoms with Crippen molar-refractivity contribution in [1.82, 2.24) is 15.5 Å². The standard InChI is InChI=1S/C19H25N3O3S/c23-17(15-2-1-11-26-15)21-16(18(24)20-14-5-6-14)12-7-9-22(10-8-12)19(25)13-3-4-13/h1-2,11-14,16H,3-10H2,(H,20,24)(H,21,23). The summed E-state index contributed by atoms with van der Waals surface area (Å²) in [7, 11) is 0. The molecule has 1 atom stereocenters. The number of hydrogen-bond acceptors (Lipinski definition) is 4. The number of likely N-dealkylation sites (tertiary alicyclic amines) is 1. The smallest absolute Gasteiger partial charge is 0.262 e. The summed E-state index contributed by atoms with van der Waals surface area (Å²) >= 11 is 1.38. The molecule has 0 bridgehead atoms. The Labute approximate surface area is 157 Å². The summed E-state index contributed by atoms with van der Waals surface area (Å²) in [5.41, 5.74) is 0. The zero-order chi connectivity index (χ0) is 18.1. The minimum absolute atomic E-state index is 0.0703. The SMILES string of the molecule is O=C(NC(C(=O)NC1CC1)C1CCN(C(=O)C2CC2)CC1)c1cccs1. The fourth-order valence-corrected chi connectivity index (χ4v) is 4.20. The van der Waals surface area contributed by atoms with E-state index in [4.69, 9.17) is 0 Å². The lowest BCUT2D eigenvalue weighted by molar-refractivity contribution is -0.134. The van der Waals surface area contributed by atoms with E-state index in [0.717, 1.165) is 38.5 Å². The number of amides is 3. The average molecular weight is 375 g/mol. The molecule has 2 N–H and O–H groups in total. The predicted octanol–water partition coefficient (Wildman–Crippen LogP) is 1.77. The molecular formula is C19H25N3O3S. The second-order valence-corrected chi connectivity index (χ2v) is 8.60. The molecule has 26 heavy (non-hydrogen) atoms. The number of nitrogens with one attached hydrogen (secondary N) is 2. The third kappa shape index (κ3) is 4.09. The number of carbonyl (C=O) groups is 3. The van der Waals surface area contributed by atoms with E-state index in [1.165, 1.54) is 11.3 Å². The van der Waals surface area contributed by atoms with Gasteiger partial charge in [-0.1, -0.05) is 6.07 Å². The van der Waals surface area contributed by atoms with Crippen molar-refractivity contribution in [3.8, 4) is 0 Å². The van der Waals surface area contributed by atoms with Gasteiger partial charge in [-0.25, -0.2) is 0 Å². The maximum atomic E-state index is 12.7. The quantitative estimate of drug-likeness (QED) is 0.795. The van der Waals surface area contributed by atoms with E-state index in [1.54, 1.807) is 6.07 Å². The van der Waals surface area contributed by atoms with Crippen LogP contribution in [0.25, 0.3) is 0 Å². The first-order valence-corrected chi connectivity index (χ1v) is 10.4. The molecule has 3 amide bonds. The number of thiophene rings is 1. The van der Waals surface area contributed by atoms with Gasteiger partial charge in [0.1, 0.15) is 6.04 Å². The second kappa shape index (κ2) is 7.39. The van der Waals surface area contributed by atoms with Crippen molar-refractivity contribution in [2.24, 2.45) is 11.8 Å². The van der Waals surface area contributed by atoms with Gasteiger partial charge in [0.15, 0.2) is 0 Å². The Morgan fingerprint density at radius 3 is 2.38 bits per heavy atom. The lowest BCUT2D eigenvalue weighted by Gasteiger charge is -2.36. The van der Waals surface area contributed by atoms with Crippen LogP contribution in [0.15, 0.2) is 17.5 Å². The Morgan fingerprint density at radius 2 is 1.81 bits per heavy atom. The van der Waals surface area contributed by atoms with E-state index in [1.807, 2.05) is 16.3 Å². The molecule has 4 rings (SSSR count). The van der Waals surface area contributed by atoms with Crippen LogP contribution in [0.1, 0.15) is 48.2 Å². The van der Waals surface area contributed by atoms with Crippen LogP contribution in [-0.4, -0.2) is 47.8 Å². The molecular weight excluding hydrogens is 350 g/mol. The van der Waals surface area contributed by atoms with E-state index in [9.17, 15) is 14.4 Å². The van der Waals surface area contributed by atoms with Crippen LogP contribution >= 0.6 is 11.3 Å². The number of carbonyl (C=O) groups excluding carboxylic acids is 3. The van der Waals surface area contributed by atoms with Gasteiger partial charge in [-0.15, -0.1) is 11.3 Å². The monoisotopic (exact) mass is 375 g/mol. The van der Waals surface area contributed by atoms with Crippen molar-refractivity contribution in [3.63, 3.8) is 0 Å². The average Bonchev–Trinajstić information content (AvgIpc) is 3.59. The molecule has 0 spiro atoms. The number of rotatable bonds is 6. The molecule has 3 aliphatic rings. The maximum absolute atomic E-state index is 12.7. The molecule has 1 aromatic heterocycles. The zero-order valence-electron chi connectivity index (χ0n) is 14.8. The summed E-state index contributed by atoms with van der Waals surface area (Å²) in [6.07, 6.45) is 5.58. The molecule has 7 heteroatoms. The van der Waals surface area contributed by atoms with Crippen molar-refractivity contribution in [1.29, 1.82) is 0 Å². The van der Waals surface area contributed by atoms with Crippen LogP contribution in [0.5, 0.6) is 0 Å². The third-order valence-corrected chi connectivity index (χ3v) is 6.36. The molecule has 1 aromatic rings. The first-order valence-electron chi connectivity index (χ1n) is 9.55. The van der Waals surface area contributed by atoms with Gasteiger partial charge in [-0.05, 0) is 55.9 Å². The van der Waals surface area contributed by atoms with E-state index in [0.29, 0.717) is 18.0 Å². The first-order chi connectivity index (χ1) is 12.6. The van der Waals surface area contributed by atoms with Gasteiger partial charge in [-0.3, -0.25) is 14.4 Å². The van der Waals surface area contributed by atoms with Gasteiger partial charge < -0.3 is 15.5 Å². The van der Waals surface area contributed by atoms with Crippen LogP contribution in [0, 0.1) is 11.8 Å². The van der Waals surface area contributed by atoms with Gasteiger partial charge in [0, 0.05) is 25.0 Å². The zero-order valence-corrected chi connectivity index (χ0v) is 15.6. The van der Waals surface area contributed by atoms with E-state index >= 15 is 0 Å². The number of piperidine rings is 1. The van der Waals surface area contributed by atoms with Crippen LogP contribution in [0.4, 0.5) is 0 Å². The Balaban J connectivity index is 1.39. The van der Waals surface area contributed by atoms with Crippen LogP contribution in [-0.2, 0) is 9.59 Å². The Kier molecular flexibility index (Phi) is 4.98. The minimum Gasteiger partial charge on any atom is -0.352 e. The Morgan fingerprint density at radius 1 is 1.08 bits per heavy atom. The highest BCUT2D eigenvalue weighted by Gasteiger charge is 2.39. The summed E-state index contributed by atoms with van der Waals surface area (Å²) in [5.74, 6) is 0.307. The summed E-state index contributed by atoms with van der Waals surface area (Å²) in [6, 6.07) is 3.34. The van der Waals surface area contributed by atoms with Crippen LogP contribution in [0.2, 0.25) is 0 Å². The highest BCUT2D eigenvalue weighted by atomic mass is 32.1. The molecule has 2 heterocycles. The maximum Gasteiger partial charge on any atom is 0.262 e. The van der Waals surface area contributed by atoms with Gasteiger partial charge in [0.05, 0.1) is 4.88 Å². The molecule has 0 aromatic carbocycles. The van der Waals surface area contributed by atoms with Crippen LogP contribution < -0.4 is 10.6 Å². The predicted molar refractivity (Wildman–Crippen MR) is 98.8 cm³/mol. The molecule has 2 aliphatic carbocycles. The normalized spacial score (nSPS) is 21.9. The van der Waals surface area contributed by atoms with Crippen molar-refractivity contribution >= 4 is 29.1 Å². The molecule has 3 fully saturated rings. The van der Waals surface area contributed by atoms with E-state index < -0.39 is 6.04 Å². The fourth-order valence-electron chi connectivity index (χ4n) is 3.58. The lowest BCUT2D eigenvalue weighted by atomic mass is 9.88. The largest absolute Gasteiger partial charge is 0.352 e. The Hall–Kier alpha value is -1.89. The number of hydrogen-bond donors (Lipinski definition) is 2. The van der Waals surface area contributed by atoms with Crippen molar-refractivity contribution in [2.45, 2.75) is 50.6 Å². The van der Waals surface area contributed by atoms with Crippen LogP contribution in [0.3, 0.4) is 0 Å². The van der Waals surface area contributed by atoms with Gasteiger partial charge in [0.25, 0.3) is 5.91 Å². The minimum atomic E-state index is -0.525. The molecule has 2 saturated carbocycles. The van der Waals surface area contributed by atoms with Crippen molar-refractivity contribution < 1.29 is 14.4 Å². The summed E-state index contributed by atoms with van der Waals surface area (Å²) in [5, 5.41) is 7.85. The molecule has 1 saturated heterocycles. The van der Waals surface area contributed by atoms with E-state index in [-0.39, 0.29) is 35.6 Å². The molecule has 1 unspecified atom stereocenters. The first kappa shape index (κ1) is 17.5. The van der Waals surface area contributed by atoms with Gasteiger partial charge >= 0.3 is 0 Å². The summed E-state index contributed by atoms with van der Waals surface area (Å²) in [6.45, 7) is 1.37. The third-order valence-electron chi connectivity index (χ3n) is 5.49. The van der Waals surface area contributed by atoms with Gasteiger partial charge in [-0.2, -0.15) is 0 Å². The molecule has 0 radical (unpaired) electrons. The van der Waals surface area contributed by atoms with E-state index in [2.05, 4.69) is 10.6 Å². The van der Waals surface area contributed by atoms with Crippen molar-refractivity contribution in [3.05, 3.63) is 22.4 Å². The highest BCUT2D eigenvalue weighted by molar-refractivity contribution is 7.12. The summed E-state index contributed by atoms with van der Waals surface area (Å²) in [4.78, 5) is 40.0. The second-order valence-electron chi connectivity index (χ2n) is 7.65.